The molecule has 18 heavy (non-hydrogen) atoms. The number of hydrogen-bond acceptors (Lipinski definition) is 3. The van der Waals surface area contributed by atoms with E-state index in [1.165, 1.54) is 17.8 Å². The fourth-order valence-corrected chi connectivity index (χ4v) is 2.52. The number of hydrogen-bond donors (Lipinski definition) is 1. The Morgan fingerprint density at radius 2 is 2.28 bits per heavy atom. The van der Waals surface area contributed by atoms with Gasteiger partial charge in [-0.15, -0.1) is 0 Å². The first-order valence-corrected chi connectivity index (χ1v) is 7.09. The second kappa shape index (κ2) is 6.61. The normalized spacial score (nSPS) is 12.6. The number of pyridine rings is 1. The van der Waals surface area contributed by atoms with Crippen LogP contribution in [0.1, 0.15) is 30.6 Å². The van der Waals surface area contributed by atoms with Gasteiger partial charge in [-0.1, -0.05) is 6.92 Å². The lowest BCUT2D eigenvalue weighted by molar-refractivity contribution is 0.515. The summed E-state index contributed by atoms with van der Waals surface area (Å²) in [6.07, 6.45) is 3.24. The van der Waals surface area contributed by atoms with Crippen LogP contribution in [-0.2, 0) is 6.42 Å². The van der Waals surface area contributed by atoms with Crippen molar-refractivity contribution in [2.24, 2.45) is 0 Å². The Kier molecular flexibility index (Phi) is 4.84. The number of nitrogens with one attached hydrogen (secondary N) is 1. The number of halogens is 1. The van der Waals surface area contributed by atoms with Crippen LogP contribution in [0.4, 0.5) is 4.39 Å². The monoisotopic (exact) mass is 264 g/mol. The van der Waals surface area contributed by atoms with Crippen molar-refractivity contribution in [1.82, 2.24) is 10.3 Å². The topological polar surface area (TPSA) is 24.9 Å². The van der Waals surface area contributed by atoms with Crippen LogP contribution in [0.3, 0.4) is 0 Å². The smallest absolute Gasteiger partial charge is 0.141 e. The first-order chi connectivity index (χ1) is 8.79. The largest absolute Gasteiger partial charge is 0.308 e. The van der Waals surface area contributed by atoms with E-state index < -0.39 is 0 Å². The van der Waals surface area contributed by atoms with E-state index in [9.17, 15) is 4.39 Å². The third-order valence-corrected chi connectivity index (χ3v) is 3.50. The fourth-order valence-electron chi connectivity index (χ4n) is 1.84. The van der Waals surface area contributed by atoms with Gasteiger partial charge in [0.25, 0.3) is 0 Å². The van der Waals surface area contributed by atoms with Gasteiger partial charge in [0, 0.05) is 0 Å². The van der Waals surface area contributed by atoms with Crippen LogP contribution >= 0.6 is 11.3 Å². The molecule has 1 atom stereocenters. The second-order valence-corrected chi connectivity index (χ2v) is 5.02. The zero-order chi connectivity index (χ0) is 12.8. The van der Waals surface area contributed by atoms with Gasteiger partial charge in [0.05, 0.1) is 17.9 Å². The summed E-state index contributed by atoms with van der Waals surface area (Å²) in [7, 11) is 0. The van der Waals surface area contributed by atoms with E-state index in [0.717, 1.165) is 25.1 Å². The first-order valence-electron chi connectivity index (χ1n) is 6.15. The Hall–Kier alpha value is -1.26. The third kappa shape index (κ3) is 3.62. The summed E-state index contributed by atoms with van der Waals surface area (Å²) in [6, 6.07) is 5.50. The van der Waals surface area contributed by atoms with E-state index in [1.807, 2.05) is 0 Å². The lowest BCUT2D eigenvalue weighted by atomic mass is 10.1. The van der Waals surface area contributed by atoms with Gasteiger partial charge in [0.1, 0.15) is 5.82 Å². The van der Waals surface area contributed by atoms with E-state index in [1.54, 1.807) is 17.4 Å². The first kappa shape index (κ1) is 13.2. The van der Waals surface area contributed by atoms with Gasteiger partial charge in [0.15, 0.2) is 0 Å². The fraction of sp³-hybridized carbons (Fsp3) is 0.357. The summed E-state index contributed by atoms with van der Waals surface area (Å²) in [5, 5.41) is 7.68. The van der Waals surface area contributed by atoms with Gasteiger partial charge in [-0.2, -0.15) is 11.3 Å². The van der Waals surface area contributed by atoms with E-state index >= 15 is 0 Å². The highest BCUT2D eigenvalue weighted by molar-refractivity contribution is 7.07. The lowest BCUT2D eigenvalue weighted by Crippen LogP contribution is -2.24. The molecule has 0 saturated carbocycles. The van der Waals surface area contributed by atoms with Crippen molar-refractivity contribution in [1.29, 1.82) is 0 Å². The highest BCUT2D eigenvalue weighted by atomic mass is 32.1. The molecule has 1 N–H and O–H groups in total. The molecule has 0 amide bonds. The summed E-state index contributed by atoms with van der Waals surface area (Å²) < 4.78 is 12.9. The molecule has 0 saturated heterocycles. The summed E-state index contributed by atoms with van der Waals surface area (Å²) in [5.74, 6) is -0.288. The van der Waals surface area contributed by atoms with Crippen LogP contribution < -0.4 is 5.32 Å². The minimum Gasteiger partial charge on any atom is -0.308 e. The Bertz CT molecular complexity index is 453. The average Bonchev–Trinajstić information content (AvgIpc) is 2.88. The molecule has 2 aromatic rings. The quantitative estimate of drug-likeness (QED) is 0.863. The molecule has 0 aliphatic carbocycles. The van der Waals surface area contributed by atoms with E-state index in [4.69, 9.17) is 0 Å². The summed E-state index contributed by atoms with van der Waals surface area (Å²) in [5.41, 5.74) is 2.19. The Morgan fingerprint density at radius 1 is 1.39 bits per heavy atom. The summed E-state index contributed by atoms with van der Waals surface area (Å²) in [6.45, 7) is 3.07. The molecule has 0 aliphatic heterocycles. The van der Waals surface area contributed by atoms with Gasteiger partial charge >= 0.3 is 0 Å². The number of thiophene rings is 1. The van der Waals surface area contributed by atoms with Crippen molar-refractivity contribution in [3.63, 3.8) is 0 Å². The molecule has 0 aliphatic rings. The molecule has 96 valence electrons. The molecule has 0 bridgehead atoms. The summed E-state index contributed by atoms with van der Waals surface area (Å²) in [4.78, 5) is 4.18. The van der Waals surface area contributed by atoms with Gasteiger partial charge < -0.3 is 5.32 Å². The van der Waals surface area contributed by atoms with Crippen molar-refractivity contribution in [3.8, 4) is 0 Å². The molecule has 2 rings (SSSR count). The van der Waals surface area contributed by atoms with E-state index in [-0.39, 0.29) is 11.9 Å². The van der Waals surface area contributed by atoms with Crippen LogP contribution in [0.2, 0.25) is 0 Å². The molecule has 4 heteroatoms. The highest BCUT2D eigenvalue weighted by Crippen LogP contribution is 2.18. The van der Waals surface area contributed by atoms with Crippen molar-refractivity contribution >= 4 is 11.3 Å². The van der Waals surface area contributed by atoms with Crippen molar-refractivity contribution < 1.29 is 4.39 Å². The molecule has 0 fully saturated rings. The van der Waals surface area contributed by atoms with Gasteiger partial charge in [0.2, 0.25) is 0 Å². The maximum atomic E-state index is 12.9. The SMILES string of the molecule is CCCNC(Cc1ccsc1)c1ccc(F)cn1. The molecule has 2 aromatic heterocycles. The number of rotatable bonds is 6. The van der Waals surface area contributed by atoms with Gasteiger partial charge in [-0.05, 0) is 53.9 Å². The van der Waals surface area contributed by atoms with Crippen LogP contribution in [0, 0.1) is 5.82 Å². The molecule has 2 heterocycles. The van der Waals surface area contributed by atoms with Crippen LogP contribution in [0.5, 0.6) is 0 Å². The molecule has 0 aromatic carbocycles. The number of nitrogens with zero attached hydrogens (tertiary/aromatic N) is 1. The number of aromatic nitrogens is 1. The standard InChI is InChI=1S/C14H17FN2S/c1-2-6-16-14(8-11-5-7-18-10-11)13-4-3-12(15)9-17-13/h3-5,7,9-10,14,16H,2,6,8H2,1H3. The molecular formula is C14H17FN2S. The zero-order valence-corrected chi connectivity index (χ0v) is 11.2. The van der Waals surface area contributed by atoms with Crippen LogP contribution in [0.15, 0.2) is 35.2 Å². The molecule has 0 radical (unpaired) electrons. The zero-order valence-electron chi connectivity index (χ0n) is 10.4. The third-order valence-electron chi connectivity index (χ3n) is 2.77. The molecule has 0 spiro atoms. The maximum Gasteiger partial charge on any atom is 0.141 e. The molecule has 1 unspecified atom stereocenters. The van der Waals surface area contributed by atoms with Gasteiger partial charge in [-0.25, -0.2) is 4.39 Å². The molecule has 2 nitrogen and oxygen atoms in total. The van der Waals surface area contributed by atoms with Crippen LogP contribution in [-0.4, -0.2) is 11.5 Å². The van der Waals surface area contributed by atoms with Gasteiger partial charge in [-0.3, -0.25) is 4.98 Å². The lowest BCUT2D eigenvalue weighted by Gasteiger charge is -2.17. The van der Waals surface area contributed by atoms with Crippen molar-refractivity contribution in [2.45, 2.75) is 25.8 Å². The van der Waals surface area contributed by atoms with Crippen molar-refractivity contribution in [2.75, 3.05) is 6.54 Å². The van der Waals surface area contributed by atoms with E-state index in [0.29, 0.717) is 0 Å². The maximum absolute atomic E-state index is 12.9. The minimum atomic E-state index is -0.288. The summed E-state index contributed by atoms with van der Waals surface area (Å²) >= 11 is 1.69. The van der Waals surface area contributed by atoms with E-state index in [2.05, 4.69) is 34.1 Å². The Morgan fingerprint density at radius 3 is 2.89 bits per heavy atom. The Balaban J connectivity index is 2.11. The average molecular weight is 264 g/mol. The Labute approximate surface area is 111 Å². The van der Waals surface area contributed by atoms with Crippen LogP contribution in [0.25, 0.3) is 0 Å². The van der Waals surface area contributed by atoms with Crippen molar-refractivity contribution in [3.05, 3.63) is 52.2 Å². The second-order valence-electron chi connectivity index (χ2n) is 4.24. The molecular weight excluding hydrogens is 247 g/mol. The highest BCUT2D eigenvalue weighted by Gasteiger charge is 2.13. The predicted octanol–water partition coefficient (Wildman–Crippen LogP) is 3.57. The predicted molar refractivity (Wildman–Crippen MR) is 73.3 cm³/mol. The minimum absolute atomic E-state index is 0.153.